The molecule has 31 heavy (non-hydrogen) atoms. The molecule has 1 amide bonds. The second-order valence-electron chi connectivity index (χ2n) is 7.79. The van der Waals surface area contributed by atoms with E-state index < -0.39 is 47.9 Å². The van der Waals surface area contributed by atoms with Gasteiger partial charge in [0.1, 0.15) is 5.75 Å². The molecule has 3 rings (SSSR count). The van der Waals surface area contributed by atoms with Crippen molar-refractivity contribution in [3.63, 3.8) is 0 Å². The maximum absolute atomic E-state index is 13.5. The van der Waals surface area contributed by atoms with E-state index in [0.29, 0.717) is 18.4 Å². The number of halogens is 6. The number of hydrogen-bond donors (Lipinski definition) is 2. The zero-order valence-electron chi connectivity index (χ0n) is 16.3. The van der Waals surface area contributed by atoms with Gasteiger partial charge in [0.05, 0.1) is 17.6 Å². The Morgan fingerprint density at radius 2 is 1.84 bits per heavy atom. The van der Waals surface area contributed by atoms with Gasteiger partial charge in [0.2, 0.25) is 5.91 Å². The minimum absolute atomic E-state index is 0.0250. The van der Waals surface area contributed by atoms with Crippen LogP contribution in [0, 0.1) is 11.6 Å². The first-order valence-corrected chi connectivity index (χ1v) is 9.67. The summed E-state index contributed by atoms with van der Waals surface area (Å²) in [6.45, 7) is -0.190. The Balaban J connectivity index is 1.72. The van der Waals surface area contributed by atoms with Crippen LogP contribution in [0.15, 0.2) is 36.4 Å². The van der Waals surface area contributed by atoms with Crippen LogP contribution in [0.3, 0.4) is 0 Å². The van der Waals surface area contributed by atoms with Crippen LogP contribution in [-0.4, -0.2) is 23.8 Å². The molecule has 1 fully saturated rings. The summed E-state index contributed by atoms with van der Waals surface area (Å²) in [5.74, 6) is -2.90. The molecule has 1 saturated carbocycles. The van der Waals surface area contributed by atoms with E-state index in [1.54, 1.807) is 0 Å². The van der Waals surface area contributed by atoms with Gasteiger partial charge in [-0.05, 0) is 61.2 Å². The molecule has 1 aliphatic rings. The van der Waals surface area contributed by atoms with Gasteiger partial charge in [-0.15, -0.1) is 0 Å². The van der Waals surface area contributed by atoms with Gasteiger partial charge in [0.15, 0.2) is 18.2 Å². The zero-order chi connectivity index (χ0) is 23.0. The van der Waals surface area contributed by atoms with Crippen molar-refractivity contribution in [3.05, 3.63) is 64.2 Å². The molecular weight excluding hydrogens is 445 g/mol. The van der Waals surface area contributed by atoms with E-state index in [4.69, 9.17) is 16.3 Å². The summed E-state index contributed by atoms with van der Waals surface area (Å²) in [7, 11) is 0. The standard InChI is InChI=1S/C21H19ClF5NO3/c1-19(30,12-2-3-16(23)17(24)8-12)10-18(29)28-20(4-5-20)13-6-14(22)9-15(7-13)31-11-21(25,26)27/h2-3,6-9,30H,4-5,10-11H2,1H3,(H,28,29)/t19-/m0/s1. The van der Waals surface area contributed by atoms with Crippen molar-refractivity contribution < 1.29 is 36.6 Å². The molecule has 0 aromatic heterocycles. The molecule has 0 radical (unpaired) electrons. The maximum Gasteiger partial charge on any atom is 0.422 e. The molecule has 0 heterocycles. The quantitative estimate of drug-likeness (QED) is 0.570. The molecule has 1 aliphatic carbocycles. The first-order valence-electron chi connectivity index (χ1n) is 9.29. The summed E-state index contributed by atoms with van der Waals surface area (Å²) in [5.41, 5.74) is -2.14. The van der Waals surface area contributed by atoms with Crippen molar-refractivity contribution in [1.82, 2.24) is 5.32 Å². The average Bonchev–Trinajstić information content (AvgIpc) is 3.41. The molecule has 2 aromatic rings. The predicted octanol–water partition coefficient (Wildman–Crippen LogP) is 4.96. The number of nitrogens with one attached hydrogen (secondary N) is 1. The van der Waals surface area contributed by atoms with Gasteiger partial charge in [-0.1, -0.05) is 17.7 Å². The molecule has 1 atom stereocenters. The number of rotatable bonds is 7. The summed E-state index contributed by atoms with van der Waals surface area (Å²) >= 11 is 6.00. The second-order valence-corrected chi connectivity index (χ2v) is 8.23. The number of carbonyl (C=O) groups excluding carboxylic acids is 1. The van der Waals surface area contributed by atoms with Crippen LogP contribution >= 0.6 is 11.6 Å². The van der Waals surface area contributed by atoms with Crippen LogP contribution in [0.5, 0.6) is 5.75 Å². The maximum atomic E-state index is 13.5. The van der Waals surface area contributed by atoms with Crippen LogP contribution in [-0.2, 0) is 15.9 Å². The second kappa shape index (κ2) is 8.27. The van der Waals surface area contributed by atoms with Crippen LogP contribution in [0.2, 0.25) is 5.02 Å². The van der Waals surface area contributed by atoms with Crippen LogP contribution in [0.25, 0.3) is 0 Å². The Labute approximate surface area is 180 Å². The molecule has 10 heteroatoms. The predicted molar refractivity (Wildman–Crippen MR) is 103 cm³/mol. The van der Waals surface area contributed by atoms with Gasteiger partial charge in [0, 0.05) is 5.02 Å². The van der Waals surface area contributed by atoms with E-state index in [0.717, 1.165) is 12.1 Å². The number of carbonyl (C=O) groups is 1. The molecule has 2 N–H and O–H groups in total. The smallest absolute Gasteiger partial charge is 0.422 e. The molecule has 0 saturated heterocycles. The summed E-state index contributed by atoms with van der Waals surface area (Å²) in [6, 6.07) is 6.98. The van der Waals surface area contributed by atoms with E-state index in [9.17, 15) is 31.9 Å². The minimum Gasteiger partial charge on any atom is -0.484 e. The van der Waals surface area contributed by atoms with E-state index in [-0.39, 0.29) is 16.3 Å². The van der Waals surface area contributed by atoms with Crippen molar-refractivity contribution >= 4 is 17.5 Å². The molecule has 2 aromatic carbocycles. The molecule has 4 nitrogen and oxygen atoms in total. The highest BCUT2D eigenvalue weighted by Crippen LogP contribution is 2.47. The van der Waals surface area contributed by atoms with Gasteiger partial charge < -0.3 is 15.2 Å². The van der Waals surface area contributed by atoms with E-state index in [1.165, 1.54) is 31.2 Å². The fourth-order valence-electron chi connectivity index (χ4n) is 3.26. The lowest BCUT2D eigenvalue weighted by atomic mass is 9.91. The fourth-order valence-corrected chi connectivity index (χ4v) is 3.48. The highest BCUT2D eigenvalue weighted by atomic mass is 35.5. The van der Waals surface area contributed by atoms with Gasteiger partial charge >= 0.3 is 6.18 Å². The zero-order valence-corrected chi connectivity index (χ0v) is 17.1. The normalized spacial score (nSPS) is 17.0. The molecule has 0 unspecified atom stereocenters. The Morgan fingerprint density at radius 3 is 2.42 bits per heavy atom. The summed E-state index contributed by atoms with van der Waals surface area (Å²) in [5, 5.41) is 13.5. The van der Waals surface area contributed by atoms with Gasteiger partial charge in [-0.25, -0.2) is 8.78 Å². The van der Waals surface area contributed by atoms with Crippen LogP contribution in [0.1, 0.15) is 37.3 Å². The van der Waals surface area contributed by atoms with Gasteiger partial charge in [-0.2, -0.15) is 13.2 Å². The van der Waals surface area contributed by atoms with Crippen LogP contribution in [0.4, 0.5) is 22.0 Å². The lowest BCUT2D eigenvalue weighted by Gasteiger charge is -2.26. The number of amides is 1. The third-order valence-corrected chi connectivity index (χ3v) is 5.22. The SMILES string of the molecule is C[C@](O)(CC(=O)NC1(c2cc(Cl)cc(OCC(F)(F)F)c2)CC1)c1ccc(F)c(F)c1. The number of benzene rings is 2. The molecular formula is C21H19ClF5NO3. The highest BCUT2D eigenvalue weighted by Gasteiger charge is 2.47. The van der Waals surface area contributed by atoms with E-state index >= 15 is 0 Å². The van der Waals surface area contributed by atoms with Crippen molar-refractivity contribution in [3.8, 4) is 5.75 Å². The highest BCUT2D eigenvalue weighted by molar-refractivity contribution is 6.30. The lowest BCUT2D eigenvalue weighted by Crippen LogP contribution is -2.39. The topological polar surface area (TPSA) is 58.6 Å². The first-order chi connectivity index (χ1) is 14.3. The molecule has 168 valence electrons. The fraction of sp³-hybridized carbons (Fsp3) is 0.381. The summed E-state index contributed by atoms with van der Waals surface area (Å²) in [6.07, 6.45) is -3.95. The number of hydrogen-bond acceptors (Lipinski definition) is 3. The first kappa shape index (κ1) is 23.3. The third-order valence-electron chi connectivity index (χ3n) is 5.00. The van der Waals surface area contributed by atoms with E-state index in [1.807, 2.05) is 0 Å². The van der Waals surface area contributed by atoms with E-state index in [2.05, 4.69) is 5.32 Å². The molecule has 0 aliphatic heterocycles. The van der Waals surface area contributed by atoms with Crippen molar-refractivity contribution in [2.45, 2.75) is 43.5 Å². The number of aliphatic hydroxyl groups is 1. The summed E-state index contributed by atoms with van der Waals surface area (Å²) < 4.78 is 68.6. The summed E-state index contributed by atoms with van der Waals surface area (Å²) in [4.78, 5) is 12.6. The van der Waals surface area contributed by atoms with Crippen molar-refractivity contribution in [2.75, 3.05) is 6.61 Å². The van der Waals surface area contributed by atoms with Crippen LogP contribution < -0.4 is 10.1 Å². The van der Waals surface area contributed by atoms with Crippen molar-refractivity contribution in [2.24, 2.45) is 0 Å². The number of alkyl halides is 3. The molecule has 0 bridgehead atoms. The third kappa shape index (κ3) is 5.86. The van der Waals surface area contributed by atoms with Crippen molar-refractivity contribution in [1.29, 1.82) is 0 Å². The Bertz CT molecular complexity index is 989. The Kier molecular flexibility index (Phi) is 6.21. The monoisotopic (exact) mass is 463 g/mol. The minimum atomic E-state index is -4.51. The Hall–Kier alpha value is -2.39. The average molecular weight is 464 g/mol. The number of ether oxygens (including phenoxy) is 1. The largest absolute Gasteiger partial charge is 0.484 e. The molecule has 0 spiro atoms. The Morgan fingerprint density at radius 1 is 1.16 bits per heavy atom. The van der Waals surface area contributed by atoms with Gasteiger partial charge in [0.25, 0.3) is 0 Å². The van der Waals surface area contributed by atoms with Gasteiger partial charge in [-0.3, -0.25) is 4.79 Å². The lowest BCUT2D eigenvalue weighted by molar-refractivity contribution is -0.153.